The highest BCUT2D eigenvalue weighted by atomic mass is 19.1. The van der Waals surface area contributed by atoms with E-state index in [0.717, 1.165) is 51.9 Å². The molecule has 2 fully saturated rings. The molecule has 0 bridgehead atoms. The van der Waals surface area contributed by atoms with E-state index in [0.29, 0.717) is 11.3 Å². The first-order valence-electron chi connectivity index (χ1n) is 7.91. The van der Waals surface area contributed by atoms with Gasteiger partial charge in [0.15, 0.2) is 0 Å². The van der Waals surface area contributed by atoms with Crippen LogP contribution in [0.1, 0.15) is 37.2 Å². The van der Waals surface area contributed by atoms with E-state index in [2.05, 4.69) is 16.0 Å². The highest BCUT2D eigenvalue weighted by Crippen LogP contribution is 2.31. The van der Waals surface area contributed by atoms with Gasteiger partial charge in [-0.1, -0.05) is 0 Å². The Kier molecular flexibility index (Phi) is 4.70. The molecule has 3 nitrogen and oxygen atoms in total. The molecule has 0 saturated carbocycles. The normalized spacial score (nSPS) is 24.0. The summed E-state index contributed by atoms with van der Waals surface area (Å²) in [6, 6.07) is 2.91. The van der Waals surface area contributed by atoms with Gasteiger partial charge in [0, 0.05) is 18.7 Å². The maximum atomic E-state index is 14.3. The first kappa shape index (κ1) is 14.7. The van der Waals surface area contributed by atoms with Crippen molar-refractivity contribution in [1.82, 2.24) is 10.6 Å². The molecule has 5 heteroatoms. The molecule has 2 aliphatic rings. The van der Waals surface area contributed by atoms with Crippen LogP contribution in [0, 0.1) is 11.6 Å². The minimum Gasteiger partial charge on any atom is -0.379 e. The molecule has 2 aliphatic heterocycles. The van der Waals surface area contributed by atoms with Gasteiger partial charge >= 0.3 is 0 Å². The van der Waals surface area contributed by atoms with E-state index in [-0.39, 0.29) is 23.6 Å². The number of benzene rings is 1. The maximum absolute atomic E-state index is 14.3. The molecule has 2 saturated heterocycles. The molecule has 1 unspecified atom stereocenters. The molecule has 116 valence electrons. The SMILES string of the molecule is Fc1cc(C2CCNCC2)c(F)cc1NC1CCCNC1. The molecule has 1 aromatic rings. The second-order valence-corrected chi connectivity index (χ2v) is 6.07. The summed E-state index contributed by atoms with van der Waals surface area (Å²) in [5, 5.41) is 9.65. The van der Waals surface area contributed by atoms with E-state index in [9.17, 15) is 8.78 Å². The van der Waals surface area contributed by atoms with E-state index >= 15 is 0 Å². The number of hydrogen-bond donors (Lipinski definition) is 3. The lowest BCUT2D eigenvalue weighted by atomic mass is 9.89. The summed E-state index contributed by atoms with van der Waals surface area (Å²) in [6.07, 6.45) is 3.80. The van der Waals surface area contributed by atoms with Crippen LogP contribution < -0.4 is 16.0 Å². The predicted molar refractivity (Wildman–Crippen MR) is 80.7 cm³/mol. The lowest BCUT2D eigenvalue weighted by Gasteiger charge is -2.26. The van der Waals surface area contributed by atoms with Gasteiger partial charge in [-0.25, -0.2) is 8.78 Å². The average Bonchev–Trinajstić information content (AvgIpc) is 2.52. The fourth-order valence-electron chi connectivity index (χ4n) is 3.31. The van der Waals surface area contributed by atoms with Crippen molar-refractivity contribution < 1.29 is 8.78 Å². The van der Waals surface area contributed by atoms with E-state index in [1.807, 2.05) is 0 Å². The molecule has 2 heterocycles. The van der Waals surface area contributed by atoms with Crippen molar-refractivity contribution >= 4 is 5.69 Å². The number of piperidine rings is 2. The Hall–Kier alpha value is -1.20. The summed E-state index contributed by atoms with van der Waals surface area (Å²) in [4.78, 5) is 0. The highest BCUT2D eigenvalue weighted by Gasteiger charge is 2.22. The van der Waals surface area contributed by atoms with Gasteiger partial charge in [-0.05, 0) is 62.9 Å². The quantitative estimate of drug-likeness (QED) is 0.802. The van der Waals surface area contributed by atoms with Crippen molar-refractivity contribution in [3.8, 4) is 0 Å². The van der Waals surface area contributed by atoms with Crippen LogP contribution >= 0.6 is 0 Å². The zero-order valence-corrected chi connectivity index (χ0v) is 12.2. The minimum absolute atomic E-state index is 0.131. The largest absolute Gasteiger partial charge is 0.379 e. The summed E-state index contributed by atoms with van der Waals surface area (Å²) in [5.74, 6) is -0.490. The summed E-state index contributed by atoms with van der Waals surface area (Å²) in [6.45, 7) is 3.56. The molecule has 1 aromatic carbocycles. The zero-order valence-electron chi connectivity index (χ0n) is 12.2. The zero-order chi connectivity index (χ0) is 14.7. The van der Waals surface area contributed by atoms with E-state index in [1.165, 1.54) is 12.1 Å². The lowest BCUT2D eigenvalue weighted by molar-refractivity contribution is 0.442. The van der Waals surface area contributed by atoms with Gasteiger partial charge < -0.3 is 16.0 Å². The second kappa shape index (κ2) is 6.71. The number of nitrogens with one attached hydrogen (secondary N) is 3. The number of rotatable bonds is 3. The van der Waals surface area contributed by atoms with Crippen LogP contribution in [-0.4, -0.2) is 32.2 Å². The van der Waals surface area contributed by atoms with Crippen LogP contribution in [0.2, 0.25) is 0 Å². The van der Waals surface area contributed by atoms with Crippen molar-refractivity contribution in [2.75, 3.05) is 31.5 Å². The molecule has 0 amide bonds. The molecular formula is C16H23F2N3. The average molecular weight is 295 g/mol. The third-order valence-electron chi connectivity index (χ3n) is 4.52. The standard InChI is InChI=1S/C16H23F2N3/c17-14-9-16(21-12-2-1-5-20-10-12)15(18)8-13(14)11-3-6-19-7-4-11/h8-9,11-12,19-21H,1-7,10H2. The Morgan fingerprint density at radius 2 is 1.76 bits per heavy atom. The van der Waals surface area contributed by atoms with Crippen molar-refractivity contribution in [2.45, 2.75) is 37.6 Å². The highest BCUT2D eigenvalue weighted by molar-refractivity contribution is 5.48. The van der Waals surface area contributed by atoms with Gasteiger partial charge in [-0.3, -0.25) is 0 Å². The van der Waals surface area contributed by atoms with Gasteiger partial charge in [0.2, 0.25) is 0 Å². The summed E-state index contributed by atoms with van der Waals surface area (Å²) < 4.78 is 28.6. The van der Waals surface area contributed by atoms with Gasteiger partial charge in [-0.15, -0.1) is 0 Å². The van der Waals surface area contributed by atoms with Crippen molar-refractivity contribution in [2.24, 2.45) is 0 Å². The van der Waals surface area contributed by atoms with Crippen LogP contribution in [-0.2, 0) is 0 Å². The van der Waals surface area contributed by atoms with Crippen LogP contribution in [0.4, 0.5) is 14.5 Å². The molecule has 0 aromatic heterocycles. The Balaban J connectivity index is 1.75. The smallest absolute Gasteiger partial charge is 0.146 e. The van der Waals surface area contributed by atoms with Gasteiger partial charge in [0.05, 0.1) is 5.69 Å². The van der Waals surface area contributed by atoms with Gasteiger partial charge in [0.25, 0.3) is 0 Å². The first-order valence-corrected chi connectivity index (χ1v) is 7.91. The summed E-state index contributed by atoms with van der Waals surface area (Å²) in [5.41, 5.74) is 0.820. The van der Waals surface area contributed by atoms with Crippen LogP contribution in [0.15, 0.2) is 12.1 Å². The van der Waals surface area contributed by atoms with Crippen molar-refractivity contribution in [3.63, 3.8) is 0 Å². The Morgan fingerprint density at radius 3 is 2.48 bits per heavy atom. The molecule has 0 radical (unpaired) electrons. The monoisotopic (exact) mass is 295 g/mol. The van der Waals surface area contributed by atoms with Crippen molar-refractivity contribution in [1.29, 1.82) is 0 Å². The number of hydrogen-bond acceptors (Lipinski definition) is 3. The van der Waals surface area contributed by atoms with Crippen molar-refractivity contribution in [3.05, 3.63) is 29.3 Å². The molecule has 0 aliphatic carbocycles. The van der Waals surface area contributed by atoms with E-state index in [4.69, 9.17) is 0 Å². The van der Waals surface area contributed by atoms with Gasteiger partial charge in [-0.2, -0.15) is 0 Å². The third kappa shape index (κ3) is 3.52. The molecular weight excluding hydrogens is 272 g/mol. The predicted octanol–water partition coefficient (Wildman–Crippen LogP) is 2.60. The fraction of sp³-hybridized carbons (Fsp3) is 0.625. The second-order valence-electron chi connectivity index (χ2n) is 6.07. The summed E-state index contributed by atoms with van der Waals surface area (Å²) >= 11 is 0. The molecule has 3 rings (SSSR count). The molecule has 1 atom stereocenters. The Bertz CT molecular complexity index is 481. The molecule has 21 heavy (non-hydrogen) atoms. The third-order valence-corrected chi connectivity index (χ3v) is 4.52. The number of halogens is 2. The lowest BCUT2D eigenvalue weighted by Crippen LogP contribution is -2.38. The first-order chi connectivity index (χ1) is 10.2. The van der Waals surface area contributed by atoms with Crippen LogP contribution in [0.5, 0.6) is 0 Å². The topological polar surface area (TPSA) is 36.1 Å². The van der Waals surface area contributed by atoms with Gasteiger partial charge in [0.1, 0.15) is 11.6 Å². The van der Waals surface area contributed by atoms with E-state index in [1.54, 1.807) is 0 Å². The van der Waals surface area contributed by atoms with Crippen LogP contribution in [0.25, 0.3) is 0 Å². The van der Waals surface area contributed by atoms with Crippen LogP contribution in [0.3, 0.4) is 0 Å². The minimum atomic E-state index is -0.337. The fourth-order valence-corrected chi connectivity index (χ4v) is 3.31. The molecule has 0 spiro atoms. The molecule has 3 N–H and O–H groups in total. The Labute approximate surface area is 124 Å². The Morgan fingerprint density at radius 1 is 0.952 bits per heavy atom. The van der Waals surface area contributed by atoms with E-state index < -0.39 is 0 Å². The maximum Gasteiger partial charge on any atom is 0.146 e. The number of anilines is 1. The summed E-state index contributed by atoms with van der Waals surface area (Å²) in [7, 11) is 0.